The maximum atomic E-state index is 14.4. The van der Waals surface area contributed by atoms with Crippen LogP contribution in [0.3, 0.4) is 0 Å². The summed E-state index contributed by atoms with van der Waals surface area (Å²) in [5.41, 5.74) is 1.89. The van der Waals surface area contributed by atoms with Gasteiger partial charge in [0.1, 0.15) is 11.6 Å². The third-order valence-corrected chi connectivity index (χ3v) is 14.9. The number of ether oxygens (including phenoxy) is 1. The van der Waals surface area contributed by atoms with E-state index in [0.717, 1.165) is 16.7 Å². The highest BCUT2D eigenvalue weighted by Crippen LogP contribution is 2.39. The molecule has 3 amide bonds. The van der Waals surface area contributed by atoms with Crippen molar-refractivity contribution < 1.29 is 28.7 Å². The number of hydrogen-bond acceptors (Lipinski definition) is 7. The molecule has 1 aliphatic heterocycles. The van der Waals surface area contributed by atoms with Crippen molar-refractivity contribution in [3.05, 3.63) is 71.3 Å². The first-order valence-electron chi connectivity index (χ1n) is 18.8. The van der Waals surface area contributed by atoms with Crippen LogP contribution in [0.4, 0.5) is 4.79 Å². The van der Waals surface area contributed by atoms with Gasteiger partial charge >= 0.3 is 6.09 Å². The van der Waals surface area contributed by atoms with Crippen LogP contribution in [0.2, 0.25) is 18.1 Å². The van der Waals surface area contributed by atoms with Crippen LogP contribution >= 0.6 is 0 Å². The SMILES string of the molecule is CC(C)(C)NC(=O)[C@@H]1CN(C(=O)OC(C)(C)C)CCN1C[C@H](C[C@H](Cc1ccccc1)C(=O)N[C@H]1c2ccccc2C[C@H]1O)O[Si](C)(C)C(C)(C)C. The van der Waals surface area contributed by atoms with E-state index in [1.807, 2.05) is 96.1 Å². The van der Waals surface area contributed by atoms with Gasteiger partial charge in [0.05, 0.1) is 18.2 Å². The average Bonchev–Trinajstić information content (AvgIpc) is 3.33. The number of fused-ring (bicyclic) bond motifs is 1. The number of aliphatic hydroxyl groups is 1. The molecule has 2 aliphatic rings. The summed E-state index contributed by atoms with van der Waals surface area (Å²) in [7, 11) is -2.37. The van der Waals surface area contributed by atoms with E-state index in [4.69, 9.17) is 9.16 Å². The van der Waals surface area contributed by atoms with E-state index in [1.165, 1.54) is 0 Å². The molecule has 0 unspecified atom stereocenters. The molecule has 11 heteroatoms. The van der Waals surface area contributed by atoms with Crippen molar-refractivity contribution in [2.45, 2.75) is 135 Å². The lowest BCUT2D eigenvalue weighted by Gasteiger charge is -2.45. The monoisotopic (exact) mass is 736 g/mol. The van der Waals surface area contributed by atoms with Crippen LogP contribution in [-0.4, -0.2) is 96.7 Å². The number of carbonyl (C=O) groups excluding carboxylic acids is 3. The molecule has 52 heavy (non-hydrogen) atoms. The largest absolute Gasteiger partial charge is 0.444 e. The molecule has 0 saturated carbocycles. The van der Waals surface area contributed by atoms with Gasteiger partial charge in [-0.3, -0.25) is 14.5 Å². The van der Waals surface area contributed by atoms with E-state index in [9.17, 15) is 19.5 Å². The van der Waals surface area contributed by atoms with Crippen LogP contribution in [0.15, 0.2) is 54.6 Å². The summed E-state index contributed by atoms with van der Waals surface area (Å²) in [4.78, 5) is 45.3. The predicted octanol–water partition coefficient (Wildman–Crippen LogP) is 6.24. The van der Waals surface area contributed by atoms with Gasteiger partial charge in [0, 0.05) is 44.1 Å². The minimum absolute atomic E-state index is 0.0987. The van der Waals surface area contributed by atoms with Crippen molar-refractivity contribution in [3.63, 3.8) is 0 Å². The lowest BCUT2D eigenvalue weighted by molar-refractivity contribution is -0.132. The Hall–Kier alpha value is -3.25. The minimum atomic E-state index is -2.37. The van der Waals surface area contributed by atoms with Crippen molar-refractivity contribution in [1.29, 1.82) is 0 Å². The molecule has 3 N–H and O–H groups in total. The number of rotatable bonds is 11. The molecule has 5 atom stereocenters. The van der Waals surface area contributed by atoms with E-state index in [-0.39, 0.29) is 29.5 Å². The number of piperazine rings is 1. The zero-order valence-corrected chi connectivity index (χ0v) is 34.4. The van der Waals surface area contributed by atoms with Gasteiger partial charge in [-0.05, 0) is 89.2 Å². The summed E-state index contributed by atoms with van der Waals surface area (Å²) < 4.78 is 12.9. The Labute approximate surface area is 313 Å². The molecular weight excluding hydrogens is 673 g/mol. The van der Waals surface area contributed by atoms with Crippen LogP contribution in [-0.2, 0) is 31.6 Å². The Morgan fingerprint density at radius 2 is 1.56 bits per heavy atom. The topological polar surface area (TPSA) is 120 Å². The van der Waals surface area contributed by atoms with Gasteiger partial charge in [0.2, 0.25) is 11.8 Å². The molecule has 288 valence electrons. The van der Waals surface area contributed by atoms with Gasteiger partial charge in [-0.2, -0.15) is 0 Å². The Morgan fingerprint density at radius 3 is 2.17 bits per heavy atom. The molecule has 0 aromatic heterocycles. The molecule has 1 aliphatic carbocycles. The fourth-order valence-corrected chi connectivity index (χ4v) is 8.12. The second kappa shape index (κ2) is 16.4. The quantitative estimate of drug-likeness (QED) is 0.234. The molecule has 1 heterocycles. The third kappa shape index (κ3) is 11.4. The molecule has 2 aromatic carbocycles. The number of nitrogens with zero attached hydrogens (tertiary/aromatic N) is 2. The first-order chi connectivity index (χ1) is 24.0. The summed E-state index contributed by atoms with van der Waals surface area (Å²) in [6, 6.07) is 16.7. The number of aliphatic hydroxyl groups excluding tert-OH is 1. The fourth-order valence-electron chi connectivity index (χ4n) is 6.77. The smallest absolute Gasteiger partial charge is 0.410 e. The molecule has 0 spiro atoms. The van der Waals surface area contributed by atoms with Crippen LogP contribution in [0.1, 0.15) is 91.5 Å². The number of carbonyl (C=O) groups is 3. The fraction of sp³-hybridized carbons (Fsp3) is 0.634. The highest BCUT2D eigenvalue weighted by Gasteiger charge is 2.43. The summed E-state index contributed by atoms with van der Waals surface area (Å²) in [5.74, 6) is -0.772. The van der Waals surface area contributed by atoms with E-state index in [0.29, 0.717) is 38.9 Å². The van der Waals surface area contributed by atoms with Crippen molar-refractivity contribution in [3.8, 4) is 0 Å². The molecule has 0 radical (unpaired) electrons. The van der Waals surface area contributed by atoms with Crippen LogP contribution in [0, 0.1) is 5.92 Å². The van der Waals surface area contributed by atoms with E-state index < -0.39 is 49.7 Å². The summed E-state index contributed by atoms with van der Waals surface area (Å²) in [6.45, 7) is 23.8. The zero-order chi connectivity index (χ0) is 38.6. The van der Waals surface area contributed by atoms with Crippen LogP contribution < -0.4 is 10.6 Å². The molecule has 2 aromatic rings. The maximum Gasteiger partial charge on any atom is 0.410 e. The number of hydrogen-bond donors (Lipinski definition) is 3. The Morgan fingerprint density at radius 1 is 0.923 bits per heavy atom. The first kappa shape index (κ1) is 41.5. The molecule has 10 nitrogen and oxygen atoms in total. The number of nitrogens with one attached hydrogen (secondary N) is 2. The Bertz CT molecular complexity index is 1530. The van der Waals surface area contributed by atoms with Crippen molar-refractivity contribution in [2.24, 2.45) is 5.92 Å². The highest BCUT2D eigenvalue weighted by atomic mass is 28.4. The second-order valence-corrected chi connectivity index (χ2v) is 23.0. The Balaban J connectivity index is 1.66. The standard InChI is InChI=1S/C41H64N4O6Si/c1-39(2,3)43-37(48)33-27-45(38(49)50-40(4,5)6)22-21-44(33)26-31(51-52(10,11)41(7,8)9)24-30(23-28-17-13-12-14-18-28)36(47)42-35-32-20-16-15-19-29(32)25-34(35)46/h12-20,30-31,33-35,46H,21-27H2,1-11H3,(H,42,47)(H,43,48)/t30-,31-,33-,34+,35-/m0/s1. The average molecular weight is 737 g/mol. The molecule has 1 saturated heterocycles. The second-order valence-electron chi connectivity index (χ2n) is 18.3. The van der Waals surface area contributed by atoms with Crippen LogP contribution in [0.25, 0.3) is 0 Å². The van der Waals surface area contributed by atoms with Gasteiger partial charge in [-0.25, -0.2) is 4.79 Å². The molecule has 4 rings (SSSR count). The lowest BCUT2D eigenvalue weighted by atomic mass is 9.91. The van der Waals surface area contributed by atoms with Gasteiger partial charge in [0.15, 0.2) is 8.32 Å². The predicted molar refractivity (Wildman–Crippen MR) is 208 cm³/mol. The van der Waals surface area contributed by atoms with E-state index >= 15 is 0 Å². The van der Waals surface area contributed by atoms with Crippen molar-refractivity contribution in [2.75, 3.05) is 26.2 Å². The molecule has 1 fully saturated rings. The van der Waals surface area contributed by atoms with Gasteiger partial charge in [-0.1, -0.05) is 75.4 Å². The minimum Gasteiger partial charge on any atom is -0.444 e. The van der Waals surface area contributed by atoms with Crippen molar-refractivity contribution >= 4 is 26.2 Å². The van der Waals surface area contributed by atoms with Crippen LogP contribution in [0.5, 0.6) is 0 Å². The van der Waals surface area contributed by atoms with Gasteiger partial charge in [0.25, 0.3) is 0 Å². The lowest BCUT2D eigenvalue weighted by Crippen LogP contribution is -2.63. The zero-order valence-electron chi connectivity index (χ0n) is 33.4. The number of amides is 3. The molecular formula is C41H64N4O6Si. The van der Waals surface area contributed by atoms with Gasteiger partial charge < -0.3 is 29.8 Å². The third-order valence-electron chi connectivity index (χ3n) is 10.4. The summed E-state index contributed by atoms with van der Waals surface area (Å²) in [5, 5.41) is 17.3. The maximum absolute atomic E-state index is 14.4. The highest BCUT2D eigenvalue weighted by molar-refractivity contribution is 6.74. The van der Waals surface area contributed by atoms with Crippen molar-refractivity contribution in [1.82, 2.24) is 20.4 Å². The number of benzene rings is 2. The summed E-state index contributed by atoms with van der Waals surface area (Å²) >= 11 is 0. The summed E-state index contributed by atoms with van der Waals surface area (Å²) in [6.07, 6.45) is -0.132. The Kier molecular flexibility index (Phi) is 13.1. The normalized spacial score (nSPS) is 21.2. The van der Waals surface area contributed by atoms with Gasteiger partial charge in [-0.15, -0.1) is 0 Å². The first-order valence-corrected chi connectivity index (χ1v) is 21.8. The van der Waals surface area contributed by atoms with E-state index in [1.54, 1.807) is 4.90 Å². The molecule has 0 bridgehead atoms. The van der Waals surface area contributed by atoms with E-state index in [2.05, 4.69) is 49.4 Å².